The maximum atomic E-state index is 9.64. The van der Waals surface area contributed by atoms with Gasteiger partial charge in [-0.25, -0.2) is 15.0 Å². The fourth-order valence-corrected chi connectivity index (χ4v) is 7.99. The van der Waals surface area contributed by atoms with Gasteiger partial charge in [-0.1, -0.05) is 121 Å². The smallest absolute Gasteiger partial charge is 0.164 e. The predicted octanol–water partition coefficient (Wildman–Crippen LogP) is 12.7. The van der Waals surface area contributed by atoms with Crippen molar-refractivity contribution in [3.8, 4) is 45.3 Å². The summed E-state index contributed by atoms with van der Waals surface area (Å²) in [6.45, 7) is 0. The zero-order valence-electron chi connectivity index (χ0n) is 32.5. The van der Waals surface area contributed by atoms with E-state index in [1.54, 1.807) is 0 Å². The van der Waals surface area contributed by atoms with Crippen molar-refractivity contribution in [3.05, 3.63) is 152 Å². The minimum Gasteiger partial charge on any atom is -0.456 e. The first-order valence-corrected chi connectivity index (χ1v) is 17.2. The molecule has 7 aromatic carbocycles. The minimum absolute atomic E-state index is 0.0364. The Hall–Kier alpha value is -6.63. The Balaban J connectivity index is 1.17. The van der Waals surface area contributed by atoms with Crippen molar-refractivity contribution in [2.75, 3.05) is 0 Å². The van der Waals surface area contributed by atoms with E-state index in [1.807, 2.05) is 115 Å². The van der Waals surface area contributed by atoms with Crippen LogP contribution in [0.4, 0.5) is 0 Å². The fourth-order valence-electron chi connectivity index (χ4n) is 6.86. The number of hydrogen-bond acceptors (Lipinski definition) is 6. The molecule has 238 valence electrons. The summed E-state index contributed by atoms with van der Waals surface area (Å²) in [5.41, 5.74) is 4.95. The van der Waals surface area contributed by atoms with Gasteiger partial charge in [-0.15, -0.1) is 11.3 Å². The van der Waals surface area contributed by atoms with Crippen molar-refractivity contribution in [1.29, 1.82) is 0 Å². The van der Waals surface area contributed by atoms with Crippen molar-refractivity contribution in [2.45, 2.75) is 0 Å². The van der Waals surface area contributed by atoms with E-state index >= 15 is 0 Å². The Bertz CT molecular complexity index is 3510. The minimum atomic E-state index is -0.317. The van der Waals surface area contributed by atoms with Gasteiger partial charge in [0.15, 0.2) is 17.5 Å². The highest BCUT2D eigenvalue weighted by Crippen LogP contribution is 2.44. The third-order valence-electron chi connectivity index (χ3n) is 9.26. The lowest BCUT2D eigenvalue weighted by molar-refractivity contribution is 0.669. The highest BCUT2D eigenvalue weighted by molar-refractivity contribution is 7.26. The molecule has 0 spiro atoms. The molecule has 0 aliphatic heterocycles. The Morgan fingerprint density at radius 2 is 1.16 bits per heavy atom. The Morgan fingerprint density at radius 3 is 2.00 bits per heavy atom. The van der Waals surface area contributed by atoms with Crippen LogP contribution in [-0.4, -0.2) is 15.0 Å². The van der Waals surface area contributed by atoms with Crippen molar-refractivity contribution in [2.24, 2.45) is 0 Å². The molecule has 0 radical (unpaired) electrons. The standard InChI is InChI=1S/C45H25N3O2S/c1-2-10-26(11-3-1)43-46-44(27-20-22-31-29-12-4-6-18-37(29)49-39(31)24-27)48-45(47-43)28-21-23-32-35-16-9-17-36(42(35)51-40(32)25-28)34-15-8-14-33-30-13-5-7-19-38(30)50-41(33)34/h1-25H/i9D,16D,17D,21D,23D,25D. The molecule has 0 N–H and O–H groups in total. The van der Waals surface area contributed by atoms with Gasteiger partial charge in [-0.3, -0.25) is 0 Å². The highest BCUT2D eigenvalue weighted by Gasteiger charge is 2.18. The zero-order valence-corrected chi connectivity index (χ0v) is 27.4. The molecular weight excluding hydrogens is 647 g/mol. The zero-order chi connectivity index (χ0) is 38.7. The van der Waals surface area contributed by atoms with Crippen LogP contribution in [0, 0.1) is 0 Å². The number of hydrogen-bond donors (Lipinski definition) is 0. The van der Waals surface area contributed by atoms with Gasteiger partial charge in [0.25, 0.3) is 0 Å². The number of para-hydroxylation sites is 3. The molecule has 0 fully saturated rings. The van der Waals surface area contributed by atoms with E-state index in [0.717, 1.165) is 38.5 Å². The summed E-state index contributed by atoms with van der Waals surface area (Å²) < 4.78 is 68.8. The lowest BCUT2D eigenvalue weighted by Crippen LogP contribution is -2.00. The number of benzene rings is 7. The van der Waals surface area contributed by atoms with Crippen LogP contribution < -0.4 is 0 Å². The van der Waals surface area contributed by atoms with Crippen LogP contribution in [0.5, 0.6) is 0 Å². The second-order valence-corrected chi connectivity index (χ2v) is 13.3. The summed E-state index contributed by atoms with van der Waals surface area (Å²) >= 11 is 1.16. The molecule has 0 unspecified atom stereocenters. The largest absolute Gasteiger partial charge is 0.456 e. The van der Waals surface area contributed by atoms with Gasteiger partial charge in [-0.2, -0.15) is 0 Å². The van der Waals surface area contributed by atoms with Gasteiger partial charge in [0.2, 0.25) is 0 Å². The second kappa shape index (κ2) is 10.9. The van der Waals surface area contributed by atoms with Gasteiger partial charge in [0.1, 0.15) is 22.3 Å². The Morgan fingerprint density at radius 1 is 0.471 bits per heavy atom. The first-order valence-electron chi connectivity index (χ1n) is 19.4. The predicted molar refractivity (Wildman–Crippen MR) is 209 cm³/mol. The molecule has 0 atom stereocenters. The molecule has 0 aliphatic rings. The first-order chi connectivity index (χ1) is 27.8. The SMILES string of the molecule is [2H]c1c([2H])c([2H])c2c(sc3c([2H])c(-c4nc(-c5ccccc5)nc(-c5ccc6c(c5)oc5ccccc56)n4)c([2H])c([2H])c32)c1-c1cccc2c1oc1ccccc12. The average molecular weight is 678 g/mol. The average Bonchev–Trinajstić information content (AvgIpc) is 3.95. The third-order valence-corrected chi connectivity index (χ3v) is 10.4. The van der Waals surface area contributed by atoms with Gasteiger partial charge >= 0.3 is 0 Å². The maximum absolute atomic E-state index is 9.64. The van der Waals surface area contributed by atoms with Crippen LogP contribution >= 0.6 is 11.3 Å². The summed E-state index contributed by atoms with van der Waals surface area (Å²) in [7, 11) is 0. The molecule has 0 bridgehead atoms. The van der Waals surface area contributed by atoms with Crippen LogP contribution in [0.15, 0.2) is 160 Å². The quantitative estimate of drug-likeness (QED) is 0.185. The monoisotopic (exact) mass is 677 g/mol. The van der Waals surface area contributed by atoms with Crippen molar-refractivity contribution >= 4 is 75.4 Å². The number of nitrogens with zero attached hydrogens (tertiary/aromatic N) is 3. The van der Waals surface area contributed by atoms with Gasteiger partial charge in [0.05, 0.1) is 8.22 Å². The molecule has 5 nitrogen and oxygen atoms in total. The number of fused-ring (bicyclic) bond motifs is 9. The van der Waals surface area contributed by atoms with Crippen molar-refractivity contribution in [3.63, 3.8) is 0 Å². The molecule has 11 rings (SSSR count). The van der Waals surface area contributed by atoms with Crippen LogP contribution in [0.1, 0.15) is 8.22 Å². The maximum Gasteiger partial charge on any atom is 0.164 e. The summed E-state index contributed by atoms with van der Waals surface area (Å²) in [5, 5.41) is 4.14. The topological polar surface area (TPSA) is 65.0 Å². The number of aromatic nitrogens is 3. The summed E-state index contributed by atoms with van der Waals surface area (Å²) in [6.07, 6.45) is 0. The molecule has 0 saturated carbocycles. The van der Waals surface area contributed by atoms with Gasteiger partial charge in [-0.05, 0) is 30.3 Å². The van der Waals surface area contributed by atoms with Gasteiger partial charge < -0.3 is 8.83 Å². The van der Waals surface area contributed by atoms with E-state index in [2.05, 4.69) is 0 Å². The molecule has 0 saturated heterocycles. The Labute approximate surface area is 303 Å². The van der Waals surface area contributed by atoms with Crippen LogP contribution in [0.2, 0.25) is 0 Å². The first kappa shape index (κ1) is 22.9. The lowest BCUT2D eigenvalue weighted by Gasteiger charge is -2.08. The summed E-state index contributed by atoms with van der Waals surface area (Å²) in [6, 6.07) is 34.9. The molecule has 0 amide bonds. The fraction of sp³-hybridized carbons (Fsp3) is 0. The van der Waals surface area contributed by atoms with E-state index in [-0.39, 0.29) is 58.4 Å². The molecule has 51 heavy (non-hydrogen) atoms. The van der Waals surface area contributed by atoms with E-state index < -0.39 is 0 Å². The lowest BCUT2D eigenvalue weighted by atomic mass is 10.00. The normalized spacial score (nSPS) is 13.6. The number of furan rings is 2. The Kier molecular flexibility index (Phi) is 4.91. The van der Waals surface area contributed by atoms with E-state index in [4.69, 9.17) is 27.9 Å². The summed E-state index contributed by atoms with van der Waals surface area (Å²) in [5.74, 6) is 0.678. The van der Waals surface area contributed by atoms with Crippen LogP contribution in [0.3, 0.4) is 0 Å². The number of rotatable bonds is 4. The molecule has 4 heterocycles. The molecule has 6 heteroatoms. The van der Waals surface area contributed by atoms with E-state index in [0.29, 0.717) is 60.1 Å². The second-order valence-electron chi connectivity index (χ2n) is 12.3. The molecule has 4 aromatic heterocycles. The third kappa shape index (κ3) is 4.43. The molecular formula is C45H25N3O2S. The number of thiophene rings is 1. The van der Waals surface area contributed by atoms with Gasteiger partial charge in [0, 0.05) is 69.5 Å². The molecule has 0 aliphatic carbocycles. The summed E-state index contributed by atoms with van der Waals surface area (Å²) in [4.78, 5) is 14.5. The van der Waals surface area contributed by atoms with Crippen molar-refractivity contribution in [1.82, 2.24) is 15.0 Å². The van der Waals surface area contributed by atoms with E-state index in [9.17, 15) is 4.11 Å². The van der Waals surface area contributed by atoms with Crippen LogP contribution in [0.25, 0.3) is 109 Å². The van der Waals surface area contributed by atoms with Crippen LogP contribution in [-0.2, 0) is 0 Å². The highest BCUT2D eigenvalue weighted by atomic mass is 32.1. The molecule has 11 aromatic rings. The van der Waals surface area contributed by atoms with Crippen molar-refractivity contribution < 1.29 is 17.1 Å². The van der Waals surface area contributed by atoms with E-state index in [1.165, 1.54) is 0 Å².